The Labute approximate surface area is 106 Å². The molecule has 0 fully saturated rings. The molecule has 92 valence electrons. The van der Waals surface area contributed by atoms with Gasteiger partial charge in [-0.3, -0.25) is 9.20 Å². The van der Waals surface area contributed by atoms with Crippen LogP contribution in [0.15, 0.2) is 24.0 Å². The van der Waals surface area contributed by atoms with Gasteiger partial charge in [0.1, 0.15) is 0 Å². The standard InChI is InChI=1S/C10H10N6OS/c1-6(12-9(17)7-4-11-15-14-7)8-5-16-2-3-18-10(16)13-8/h2-6H,1H3,(H,12,17)(H,11,14,15)/t6-/m1/s1. The van der Waals surface area contributed by atoms with E-state index in [1.807, 2.05) is 29.1 Å². The number of nitrogens with one attached hydrogen (secondary N) is 2. The van der Waals surface area contributed by atoms with Crippen LogP contribution in [0.2, 0.25) is 0 Å². The van der Waals surface area contributed by atoms with E-state index >= 15 is 0 Å². The highest BCUT2D eigenvalue weighted by Gasteiger charge is 2.16. The molecule has 3 rings (SSSR count). The lowest BCUT2D eigenvalue weighted by Crippen LogP contribution is -2.27. The maximum Gasteiger partial charge on any atom is 0.273 e. The largest absolute Gasteiger partial charge is 0.342 e. The Hall–Kier alpha value is -2.22. The van der Waals surface area contributed by atoms with E-state index in [-0.39, 0.29) is 17.6 Å². The predicted molar refractivity (Wildman–Crippen MR) is 65.3 cm³/mol. The van der Waals surface area contributed by atoms with Crippen LogP contribution in [0.3, 0.4) is 0 Å². The molecule has 0 aliphatic carbocycles. The van der Waals surface area contributed by atoms with Crippen LogP contribution >= 0.6 is 11.3 Å². The van der Waals surface area contributed by atoms with E-state index in [0.29, 0.717) is 0 Å². The number of imidazole rings is 1. The third kappa shape index (κ3) is 1.86. The molecule has 0 aliphatic heterocycles. The molecule has 1 atom stereocenters. The summed E-state index contributed by atoms with van der Waals surface area (Å²) in [5.74, 6) is -0.271. The van der Waals surface area contributed by atoms with Gasteiger partial charge in [0.25, 0.3) is 5.91 Å². The smallest absolute Gasteiger partial charge is 0.273 e. The minimum Gasteiger partial charge on any atom is -0.342 e. The van der Waals surface area contributed by atoms with Gasteiger partial charge in [0, 0.05) is 17.8 Å². The van der Waals surface area contributed by atoms with Gasteiger partial charge in [0.2, 0.25) is 0 Å². The number of aromatic amines is 1. The Kier molecular flexibility index (Phi) is 2.56. The number of carbonyl (C=O) groups excluding carboxylic acids is 1. The van der Waals surface area contributed by atoms with Crippen LogP contribution < -0.4 is 5.32 Å². The van der Waals surface area contributed by atoms with E-state index in [0.717, 1.165) is 10.7 Å². The van der Waals surface area contributed by atoms with Crippen molar-refractivity contribution in [3.05, 3.63) is 35.4 Å². The average molecular weight is 262 g/mol. The molecule has 3 aromatic rings. The normalized spacial score (nSPS) is 12.7. The van der Waals surface area contributed by atoms with E-state index in [9.17, 15) is 4.79 Å². The molecular formula is C10H10N6OS. The molecule has 7 nitrogen and oxygen atoms in total. The van der Waals surface area contributed by atoms with Crippen LogP contribution in [-0.4, -0.2) is 30.7 Å². The fourth-order valence-corrected chi connectivity index (χ4v) is 2.32. The van der Waals surface area contributed by atoms with Gasteiger partial charge in [-0.15, -0.1) is 11.3 Å². The number of aromatic nitrogens is 5. The monoisotopic (exact) mass is 262 g/mol. The van der Waals surface area contributed by atoms with Gasteiger partial charge in [0.05, 0.1) is 17.9 Å². The van der Waals surface area contributed by atoms with Crippen molar-refractivity contribution >= 4 is 22.2 Å². The van der Waals surface area contributed by atoms with Gasteiger partial charge in [-0.05, 0) is 6.92 Å². The molecule has 18 heavy (non-hydrogen) atoms. The van der Waals surface area contributed by atoms with Crippen molar-refractivity contribution in [3.63, 3.8) is 0 Å². The Balaban J connectivity index is 1.77. The molecule has 2 N–H and O–H groups in total. The molecule has 0 radical (unpaired) electrons. The molecule has 0 saturated heterocycles. The maximum absolute atomic E-state index is 11.8. The number of carbonyl (C=O) groups is 1. The third-order valence-corrected chi connectivity index (χ3v) is 3.32. The summed E-state index contributed by atoms with van der Waals surface area (Å²) in [5.41, 5.74) is 1.08. The minimum absolute atomic E-state index is 0.179. The number of hydrogen-bond acceptors (Lipinski definition) is 5. The van der Waals surface area contributed by atoms with Crippen molar-refractivity contribution in [3.8, 4) is 0 Å². The zero-order chi connectivity index (χ0) is 12.5. The summed E-state index contributed by atoms with van der Waals surface area (Å²) in [5, 5.41) is 14.5. The van der Waals surface area contributed by atoms with E-state index in [4.69, 9.17) is 0 Å². The number of nitrogens with zero attached hydrogens (tertiary/aromatic N) is 4. The zero-order valence-corrected chi connectivity index (χ0v) is 10.3. The molecule has 0 spiro atoms. The molecule has 0 aliphatic rings. The van der Waals surface area contributed by atoms with Crippen LogP contribution in [0.25, 0.3) is 4.96 Å². The number of H-pyrrole nitrogens is 1. The van der Waals surface area contributed by atoms with Crippen LogP contribution in [0, 0.1) is 0 Å². The van der Waals surface area contributed by atoms with E-state index < -0.39 is 0 Å². The lowest BCUT2D eigenvalue weighted by Gasteiger charge is -2.09. The van der Waals surface area contributed by atoms with E-state index in [2.05, 4.69) is 25.7 Å². The summed E-state index contributed by atoms with van der Waals surface area (Å²) < 4.78 is 1.93. The SMILES string of the molecule is C[C@@H](NC(=O)c1cn[nH]n1)c1cn2ccsc2n1. The lowest BCUT2D eigenvalue weighted by molar-refractivity contribution is 0.0934. The molecule has 8 heteroatoms. The number of fused-ring (bicyclic) bond motifs is 1. The highest BCUT2D eigenvalue weighted by molar-refractivity contribution is 7.15. The van der Waals surface area contributed by atoms with Gasteiger partial charge >= 0.3 is 0 Å². The van der Waals surface area contributed by atoms with Gasteiger partial charge in [0.15, 0.2) is 10.7 Å². The predicted octanol–water partition coefficient (Wildman–Crippen LogP) is 1.00. The lowest BCUT2D eigenvalue weighted by atomic mass is 10.2. The van der Waals surface area contributed by atoms with Crippen LogP contribution in [0.1, 0.15) is 29.1 Å². The summed E-state index contributed by atoms with van der Waals surface area (Å²) in [7, 11) is 0. The first-order valence-corrected chi connectivity index (χ1v) is 6.21. The third-order valence-electron chi connectivity index (χ3n) is 2.55. The highest BCUT2D eigenvalue weighted by atomic mass is 32.1. The van der Waals surface area contributed by atoms with Crippen molar-refractivity contribution in [2.24, 2.45) is 0 Å². The van der Waals surface area contributed by atoms with Crippen LogP contribution in [0.4, 0.5) is 0 Å². The first-order chi connectivity index (χ1) is 8.74. The van der Waals surface area contributed by atoms with Gasteiger partial charge < -0.3 is 5.32 Å². The Bertz CT molecular complexity index is 641. The van der Waals surface area contributed by atoms with Gasteiger partial charge in [-0.2, -0.15) is 15.4 Å². The Morgan fingerprint density at radius 3 is 3.22 bits per heavy atom. The fourth-order valence-electron chi connectivity index (χ4n) is 1.61. The van der Waals surface area contributed by atoms with Crippen molar-refractivity contribution in [2.45, 2.75) is 13.0 Å². The Morgan fingerprint density at radius 1 is 1.61 bits per heavy atom. The highest BCUT2D eigenvalue weighted by Crippen LogP contribution is 2.16. The topological polar surface area (TPSA) is 88.0 Å². The van der Waals surface area contributed by atoms with Crippen molar-refractivity contribution < 1.29 is 4.79 Å². The quantitative estimate of drug-likeness (QED) is 0.737. The molecule has 3 heterocycles. The first kappa shape index (κ1) is 10.9. The Morgan fingerprint density at radius 2 is 2.50 bits per heavy atom. The molecular weight excluding hydrogens is 252 g/mol. The molecule has 0 bridgehead atoms. The molecule has 3 aromatic heterocycles. The maximum atomic E-state index is 11.8. The summed E-state index contributed by atoms with van der Waals surface area (Å²) in [6.45, 7) is 1.88. The van der Waals surface area contributed by atoms with Crippen LogP contribution in [0.5, 0.6) is 0 Å². The van der Waals surface area contributed by atoms with Crippen molar-refractivity contribution in [1.29, 1.82) is 0 Å². The second-order valence-electron chi connectivity index (χ2n) is 3.81. The number of hydrogen-bond donors (Lipinski definition) is 2. The summed E-state index contributed by atoms with van der Waals surface area (Å²) in [6, 6.07) is -0.179. The van der Waals surface area contributed by atoms with E-state index in [1.165, 1.54) is 6.20 Å². The van der Waals surface area contributed by atoms with Gasteiger partial charge in [-0.1, -0.05) is 0 Å². The second kappa shape index (κ2) is 4.22. The summed E-state index contributed by atoms with van der Waals surface area (Å²) in [4.78, 5) is 17.1. The molecule has 1 amide bonds. The number of thiazole rings is 1. The fraction of sp³-hybridized carbons (Fsp3) is 0.200. The summed E-state index contributed by atoms with van der Waals surface area (Å²) >= 11 is 1.55. The second-order valence-corrected chi connectivity index (χ2v) is 4.68. The summed E-state index contributed by atoms with van der Waals surface area (Å²) in [6.07, 6.45) is 5.22. The van der Waals surface area contributed by atoms with Crippen molar-refractivity contribution in [1.82, 2.24) is 30.1 Å². The van der Waals surface area contributed by atoms with E-state index in [1.54, 1.807) is 11.3 Å². The average Bonchev–Trinajstić information content (AvgIpc) is 3.05. The molecule has 0 aromatic carbocycles. The number of rotatable bonds is 3. The molecule has 0 saturated carbocycles. The number of amides is 1. The zero-order valence-electron chi connectivity index (χ0n) is 9.49. The molecule has 0 unspecified atom stereocenters. The van der Waals surface area contributed by atoms with Gasteiger partial charge in [-0.25, -0.2) is 4.98 Å². The minimum atomic E-state index is -0.271. The van der Waals surface area contributed by atoms with Crippen molar-refractivity contribution in [2.75, 3.05) is 0 Å². The van der Waals surface area contributed by atoms with Crippen LogP contribution in [-0.2, 0) is 0 Å². The first-order valence-electron chi connectivity index (χ1n) is 5.33.